The maximum absolute atomic E-state index is 12.4. The standard InChI is InChI=1S/C18H19F3O2/c1-17(2,3)14-9-5-4-8-13(14)12-22-15-10-6-7-11-16(15)23-18(19,20)21/h4-11H,12H2,1-3H3. The number of hydrogen-bond donors (Lipinski definition) is 0. The normalized spacial score (nSPS) is 12.1. The molecule has 0 aromatic heterocycles. The molecule has 0 saturated carbocycles. The number of alkyl halides is 3. The zero-order valence-corrected chi connectivity index (χ0v) is 13.3. The van der Waals surface area contributed by atoms with Gasteiger partial charge in [0.1, 0.15) is 6.61 Å². The van der Waals surface area contributed by atoms with E-state index >= 15 is 0 Å². The number of hydrogen-bond acceptors (Lipinski definition) is 2. The molecular weight excluding hydrogens is 305 g/mol. The number of ether oxygens (including phenoxy) is 2. The van der Waals surface area contributed by atoms with E-state index in [0.717, 1.165) is 11.1 Å². The Kier molecular flexibility index (Phi) is 4.88. The molecular formula is C18H19F3O2. The van der Waals surface area contributed by atoms with Gasteiger partial charge in [0.15, 0.2) is 11.5 Å². The number of benzene rings is 2. The van der Waals surface area contributed by atoms with Crippen molar-refractivity contribution in [3.05, 3.63) is 59.7 Å². The summed E-state index contributed by atoms with van der Waals surface area (Å²) >= 11 is 0. The molecule has 0 aliphatic heterocycles. The number of para-hydroxylation sites is 2. The summed E-state index contributed by atoms with van der Waals surface area (Å²) in [6.07, 6.45) is -4.75. The van der Waals surface area contributed by atoms with Crippen molar-refractivity contribution in [2.24, 2.45) is 0 Å². The second-order valence-electron chi connectivity index (χ2n) is 6.19. The van der Waals surface area contributed by atoms with Gasteiger partial charge in [-0.05, 0) is 28.7 Å². The largest absolute Gasteiger partial charge is 0.573 e. The van der Waals surface area contributed by atoms with E-state index in [2.05, 4.69) is 25.5 Å². The number of rotatable bonds is 4. The highest BCUT2D eigenvalue weighted by atomic mass is 19.4. The summed E-state index contributed by atoms with van der Waals surface area (Å²) in [4.78, 5) is 0. The van der Waals surface area contributed by atoms with Gasteiger partial charge in [-0.25, -0.2) is 0 Å². The van der Waals surface area contributed by atoms with Crippen molar-refractivity contribution < 1.29 is 22.6 Å². The molecule has 0 aliphatic rings. The van der Waals surface area contributed by atoms with Crippen LogP contribution in [-0.2, 0) is 12.0 Å². The Bertz CT molecular complexity index is 658. The lowest BCUT2D eigenvalue weighted by Crippen LogP contribution is -2.18. The molecule has 2 aromatic rings. The van der Waals surface area contributed by atoms with E-state index in [-0.39, 0.29) is 23.5 Å². The van der Waals surface area contributed by atoms with Gasteiger partial charge >= 0.3 is 6.36 Å². The van der Waals surface area contributed by atoms with Crippen LogP contribution in [0.2, 0.25) is 0 Å². The molecule has 0 unspecified atom stereocenters. The highest BCUT2D eigenvalue weighted by Crippen LogP contribution is 2.33. The average molecular weight is 324 g/mol. The van der Waals surface area contributed by atoms with Crippen LogP contribution in [0.15, 0.2) is 48.5 Å². The van der Waals surface area contributed by atoms with Crippen molar-refractivity contribution in [2.45, 2.75) is 39.2 Å². The summed E-state index contributed by atoms with van der Waals surface area (Å²) in [5.74, 6) is -0.276. The second kappa shape index (κ2) is 6.52. The Morgan fingerprint density at radius 2 is 1.39 bits per heavy atom. The molecule has 5 heteroatoms. The Balaban J connectivity index is 2.20. The molecule has 0 fully saturated rings. The van der Waals surface area contributed by atoms with Gasteiger partial charge in [-0.1, -0.05) is 57.2 Å². The predicted molar refractivity (Wildman–Crippen MR) is 82.6 cm³/mol. The Morgan fingerprint density at radius 3 is 2.00 bits per heavy atom. The van der Waals surface area contributed by atoms with E-state index in [4.69, 9.17) is 4.74 Å². The first-order chi connectivity index (χ1) is 10.7. The fourth-order valence-electron chi connectivity index (χ4n) is 2.31. The summed E-state index contributed by atoms with van der Waals surface area (Å²) < 4.78 is 46.9. The van der Waals surface area contributed by atoms with Crippen LogP contribution in [0, 0.1) is 0 Å². The van der Waals surface area contributed by atoms with Crippen LogP contribution in [0.3, 0.4) is 0 Å². The molecule has 0 radical (unpaired) electrons. The molecule has 2 aromatic carbocycles. The maximum Gasteiger partial charge on any atom is 0.573 e. The molecule has 0 amide bonds. The number of halogens is 3. The van der Waals surface area contributed by atoms with E-state index in [0.29, 0.717) is 0 Å². The van der Waals surface area contributed by atoms with Crippen LogP contribution in [0.4, 0.5) is 13.2 Å². The van der Waals surface area contributed by atoms with Crippen LogP contribution in [0.1, 0.15) is 31.9 Å². The van der Waals surface area contributed by atoms with Gasteiger partial charge in [-0.15, -0.1) is 13.2 Å². The van der Waals surface area contributed by atoms with Gasteiger partial charge in [0.25, 0.3) is 0 Å². The van der Waals surface area contributed by atoms with Gasteiger partial charge < -0.3 is 9.47 Å². The van der Waals surface area contributed by atoms with E-state index < -0.39 is 6.36 Å². The topological polar surface area (TPSA) is 18.5 Å². The van der Waals surface area contributed by atoms with Crippen molar-refractivity contribution in [1.82, 2.24) is 0 Å². The van der Waals surface area contributed by atoms with Crippen molar-refractivity contribution in [1.29, 1.82) is 0 Å². The van der Waals surface area contributed by atoms with Crippen LogP contribution in [-0.4, -0.2) is 6.36 Å². The second-order valence-corrected chi connectivity index (χ2v) is 6.19. The van der Waals surface area contributed by atoms with Gasteiger partial charge in [0.2, 0.25) is 0 Å². The minimum Gasteiger partial charge on any atom is -0.485 e. The minimum atomic E-state index is -4.75. The summed E-state index contributed by atoms with van der Waals surface area (Å²) in [5, 5.41) is 0. The van der Waals surface area contributed by atoms with Crippen LogP contribution in [0.25, 0.3) is 0 Å². The SMILES string of the molecule is CC(C)(C)c1ccccc1COc1ccccc1OC(F)(F)F. The molecule has 0 atom stereocenters. The van der Waals surface area contributed by atoms with Crippen LogP contribution >= 0.6 is 0 Å². The van der Waals surface area contributed by atoms with Gasteiger partial charge in [0.05, 0.1) is 0 Å². The van der Waals surface area contributed by atoms with E-state index in [1.165, 1.54) is 18.2 Å². The Hall–Kier alpha value is -2.17. The third kappa shape index (κ3) is 4.91. The molecule has 23 heavy (non-hydrogen) atoms. The molecule has 0 heterocycles. The average Bonchev–Trinajstić information content (AvgIpc) is 2.44. The van der Waals surface area contributed by atoms with Crippen molar-refractivity contribution >= 4 is 0 Å². The van der Waals surface area contributed by atoms with E-state index in [1.807, 2.05) is 24.3 Å². The third-order valence-corrected chi connectivity index (χ3v) is 3.28. The monoisotopic (exact) mass is 324 g/mol. The lowest BCUT2D eigenvalue weighted by atomic mass is 9.84. The predicted octanol–water partition coefficient (Wildman–Crippen LogP) is 5.46. The zero-order chi connectivity index (χ0) is 17.1. The van der Waals surface area contributed by atoms with Crippen LogP contribution in [0.5, 0.6) is 11.5 Å². The van der Waals surface area contributed by atoms with Gasteiger partial charge in [-0.2, -0.15) is 0 Å². The lowest BCUT2D eigenvalue weighted by Gasteiger charge is -2.23. The molecule has 0 aliphatic carbocycles. The van der Waals surface area contributed by atoms with Crippen molar-refractivity contribution in [3.63, 3.8) is 0 Å². The lowest BCUT2D eigenvalue weighted by molar-refractivity contribution is -0.275. The fourth-order valence-corrected chi connectivity index (χ4v) is 2.31. The summed E-state index contributed by atoms with van der Waals surface area (Å²) in [6.45, 7) is 6.40. The highest BCUT2D eigenvalue weighted by Gasteiger charge is 2.32. The molecule has 0 bridgehead atoms. The quantitative estimate of drug-likeness (QED) is 0.743. The first-order valence-electron chi connectivity index (χ1n) is 7.23. The smallest absolute Gasteiger partial charge is 0.485 e. The minimum absolute atomic E-state index is 0.0635. The highest BCUT2D eigenvalue weighted by molar-refractivity contribution is 5.40. The van der Waals surface area contributed by atoms with Gasteiger partial charge in [-0.3, -0.25) is 0 Å². The molecule has 0 spiro atoms. The molecule has 124 valence electrons. The summed E-state index contributed by atoms with van der Waals surface area (Å²) in [7, 11) is 0. The first-order valence-corrected chi connectivity index (χ1v) is 7.23. The van der Waals surface area contributed by atoms with Gasteiger partial charge in [0, 0.05) is 0 Å². The van der Waals surface area contributed by atoms with E-state index in [1.54, 1.807) is 6.07 Å². The summed E-state index contributed by atoms with van der Waals surface area (Å²) in [6, 6.07) is 13.5. The maximum atomic E-state index is 12.4. The molecule has 2 nitrogen and oxygen atoms in total. The zero-order valence-electron chi connectivity index (χ0n) is 13.3. The molecule has 2 rings (SSSR count). The third-order valence-electron chi connectivity index (χ3n) is 3.28. The van der Waals surface area contributed by atoms with Crippen LogP contribution < -0.4 is 9.47 Å². The van der Waals surface area contributed by atoms with E-state index in [9.17, 15) is 13.2 Å². The van der Waals surface area contributed by atoms with Crippen molar-refractivity contribution in [2.75, 3.05) is 0 Å². The summed E-state index contributed by atoms with van der Waals surface area (Å²) in [5.41, 5.74) is 1.94. The Labute approximate surface area is 133 Å². The molecule has 0 saturated heterocycles. The van der Waals surface area contributed by atoms with Crippen molar-refractivity contribution in [3.8, 4) is 11.5 Å². The molecule has 0 N–H and O–H groups in total. The fraction of sp³-hybridized carbons (Fsp3) is 0.333. The first kappa shape index (κ1) is 17.2. The Morgan fingerprint density at radius 1 is 0.826 bits per heavy atom.